The van der Waals surface area contributed by atoms with Gasteiger partial charge < -0.3 is 0 Å². The molecule has 1 heterocycles. The molecule has 1 aliphatic rings. The Bertz CT molecular complexity index is 477. The van der Waals surface area contributed by atoms with Crippen LogP contribution in [0.5, 0.6) is 0 Å². The maximum atomic E-state index is 2.63. The highest BCUT2D eigenvalue weighted by Gasteiger charge is 2.86. The fourth-order valence-electron chi connectivity index (χ4n) is 10.8. The Morgan fingerprint density at radius 2 is 0.306 bits per heavy atom. The summed E-state index contributed by atoms with van der Waals surface area (Å²) in [4.78, 5) is 0. The lowest BCUT2D eigenvalue weighted by Gasteiger charge is -2.83. The van der Waals surface area contributed by atoms with E-state index in [2.05, 4.69) is 111 Å². The van der Waals surface area contributed by atoms with E-state index in [9.17, 15) is 0 Å². The van der Waals surface area contributed by atoms with E-state index >= 15 is 0 Å². The van der Waals surface area contributed by atoms with E-state index in [0.29, 0.717) is 0 Å². The van der Waals surface area contributed by atoms with Crippen molar-refractivity contribution < 1.29 is 0 Å². The van der Waals surface area contributed by atoms with Gasteiger partial charge in [0.2, 0.25) is 0 Å². The van der Waals surface area contributed by atoms with Crippen molar-refractivity contribution in [1.82, 2.24) is 0 Å². The van der Waals surface area contributed by atoms with Crippen molar-refractivity contribution >= 4 is 28.4 Å². The Kier molecular flexibility index (Phi) is 13.1. The van der Waals surface area contributed by atoms with E-state index in [1.807, 2.05) is 0 Å². The van der Waals surface area contributed by atoms with Crippen molar-refractivity contribution in [3.05, 3.63) is 0 Å². The van der Waals surface area contributed by atoms with Crippen molar-refractivity contribution in [2.75, 3.05) is 0 Å². The molecule has 0 saturated carbocycles. The highest BCUT2D eigenvalue weighted by atomic mass is 30.2. The fourth-order valence-corrected chi connectivity index (χ4v) is 169. The van der Waals surface area contributed by atoms with Crippen LogP contribution in [0.2, 0.25) is 48.4 Å². The van der Waals surface area contributed by atoms with E-state index in [4.69, 9.17) is 0 Å². The minimum absolute atomic E-state index is 0.901. The molecule has 0 amide bonds. The van der Waals surface area contributed by atoms with Crippen LogP contribution in [-0.2, 0) is 0 Å². The van der Waals surface area contributed by atoms with Gasteiger partial charge in [-0.05, 0) is 47.3 Å². The summed E-state index contributed by atoms with van der Waals surface area (Å²) in [5, 5.41) is 0. The summed E-state index contributed by atoms with van der Waals surface area (Å²) in [5.41, 5.74) is 0. The molecule has 1 saturated heterocycles. The standard InChI is InChI=1S/C32H72Si4/c1-25(2)17-33(18-26(3)4)34(19-27(5)6,20-28(7)8)36(23-31(13)14,24-32(15)16)35(33,21-29(9)10)22-30(11)12/h25-32H,17-24H2,1-16H3. The molecule has 0 atom stereocenters. The molecule has 0 radical (unpaired) electrons. The third kappa shape index (κ3) is 6.77. The summed E-state index contributed by atoms with van der Waals surface area (Å²) in [5.74, 6) is 7.21. The molecule has 0 aromatic rings. The topological polar surface area (TPSA) is 0 Å². The van der Waals surface area contributed by atoms with Crippen LogP contribution in [0.3, 0.4) is 0 Å². The average Bonchev–Trinajstić information content (AvgIpc) is 2.61. The van der Waals surface area contributed by atoms with Crippen LogP contribution in [0.25, 0.3) is 0 Å². The van der Waals surface area contributed by atoms with Gasteiger partial charge in [-0.3, -0.25) is 0 Å². The van der Waals surface area contributed by atoms with E-state index in [0.717, 1.165) is 47.3 Å². The van der Waals surface area contributed by atoms with E-state index < -0.39 is 28.4 Å². The second-order valence-electron chi connectivity index (χ2n) is 17.1. The zero-order valence-corrected chi connectivity index (χ0v) is 32.3. The molecule has 0 bridgehead atoms. The van der Waals surface area contributed by atoms with Gasteiger partial charge in [0, 0.05) is 28.4 Å². The van der Waals surface area contributed by atoms with Gasteiger partial charge in [0.25, 0.3) is 0 Å². The van der Waals surface area contributed by atoms with Crippen LogP contribution in [0.15, 0.2) is 0 Å². The lowest BCUT2D eigenvalue weighted by atomic mass is 10.3. The Labute approximate surface area is 234 Å². The largest absolute Gasteiger partial charge is 0.0631 e. The molecule has 1 aliphatic heterocycles. The van der Waals surface area contributed by atoms with Gasteiger partial charge in [0.1, 0.15) is 0 Å². The van der Waals surface area contributed by atoms with Gasteiger partial charge in [-0.2, -0.15) is 0 Å². The van der Waals surface area contributed by atoms with Crippen molar-refractivity contribution in [3.8, 4) is 0 Å². The van der Waals surface area contributed by atoms with Crippen molar-refractivity contribution in [3.63, 3.8) is 0 Å². The summed E-state index contributed by atoms with van der Waals surface area (Å²) in [7, 11) is -5.64. The summed E-state index contributed by atoms with van der Waals surface area (Å²) < 4.78 is 0. The molecule has 0 spiro atoms. The first-order valence-corrected chi connectivity index (χ1v) is 30.0. The van der Waals surface area contributed by atoms with Gasteiger partial charge in [-0.15, -0.1) is 0 Å². The van der Waals surface area contributed by atoms with Crippen LogP contribution in [0.1, 0.15) is 111 Å². The highest BCUT2D eigenvalue weighted by molar-refractivity contribution is 8.14. The Hall–Kier alpha value is 0.868. The zero-order valence-electron chi connectivity index (χ0n) is 28.3. The highest BCUT2D eigenvalue weighted by Crippen LogP contribution is 2.68. The summed E-state index contributed by atoms with van der Waals surface area (Å²) in [6.07, 6.45) is 0. The van der Waals surface area contributed by atoms with Gasteiger partial charge in [-0.1, -0.05) is 159 Å². The Morgan fingerprint density at radius 1 is 0.222 bits per heavy atom. The Morgan fingerprint density at radius 3 is 0.361 bits per heavy atom. The van der Waals surface area contributed by atoms with Gasteiger partial charge >= 0.3 is 0 Å². The molecule has 0 unspecified atom stereocenters. The first-order chi connectivity index (χ1) is 16.3. The molecule has 0 nitrogen and oxygen atoms in total. The van der Waals surface area contributed by atoms with Crippen molar-refractivity contribution in [2.45, 2.75) is 159 Å². The summed E-state index contributed by atoms with van der Waals surface area (Å²) >= 11 is 0. The van der Waals surface area contributed by atoms with Crippen LogP contribution in [0, 0.1) is 47.3 Å². The van der Waals surface area contributed by atoms with Crippen LogP contribution >= 0.6 is 0 Å². The smallest absolute Gasteiger partial charge is 0.0383 e. The second-order valence-corrected chi connectivity index (χ2v) is 58.0. The second kappa shape index (κ2) is 13.5. The fraction of sp³-hybridized carbons (Fsp3) is 1.00. The van der Waals surface area contributed by atoms with Crippen LogP contribution in [-0.4, -0.2) is 28.4 Å². The predicted molar refractivity (Wildman–Crippen MR) is 180 cm³/mol. The molecule has 0 aromatic heterocycles. The maximum Gasteiger partial charge on any atom is 0.0383 e. The van der Waals surface area contributed by atoms with E-state index in [1.54, 1.807) is 48.4 Å². The molecule has 0 aromatic carbocycles. The molecule has 4 heteroatoms. The van der Waals surface area contributed by atoms with Crippen LogP contribution < -0.4 is 0 Å². The minimum Gasteiger partial charge on any atom is -0.0631 e. The molecule has 216 valence electrons. The first-order valence-electron chi connectivity index (χ1n) is 16.3. The minimum atomic E-state index is -1.41. The third-order valence-corrected chi connectivity index (χ3v) is 104. The zero-order chi connectivity index (χ0) is 28.3. The normalized spacial score (nSPS) is 20.7. The summed E-state index contributed by atoms with van der Waals surface area (Å²) in [6, 6.07) is 13.7. The number of rotatable bonds is 16. The lowest BCUT2D eigenvalue weighted by Crippen LogP contribution is -3.07. The van der Waals surface area contributed by atoms with Gasteiger partial charge in [0.15, 0.2) is 0 Å². The van der Waals surface area contributed by atoms with Gasteiger partial charge in [-0.25, -0.2) is 0 Å². The maximum absolute atomic E-state index is 2.63. The van der Waals surface area contributed by atoms with Crippen molar-refractivity contribution in [1.29, 1.82) is 0 Å². The lowest BCUT2D eigenvalue weighted by molar-refractivity contribution is 0.646. The van der Waals surface area contributed by atoms with E-state index in [1.165, 1.54) is 0 Å². The molecule has 0 N–H and O–H groups in total. The molecular weight excluding hydrogens is 497 g/mol. The average molecular weight is 569 g/mol. The molecule has 1 rings (SSSR count). The number of hydrogen-bond acceptors (Lipinski definition) is 0. The molecule has 0 aliphatic carbocycles. The van der Waals surface area contributed by atoms with Crippen molar-refractivity contribution in [2.24, 2.45) is 47.3 Å². The monoisotopic (exact) mass is 568 g/mol. The molecular formula is C32H72Si4. The molecule has 1 fully saturated rings. The molecule has 36 heavy (non-hydrogen) atoms. The third-order valence-electron chi connectivity index (χ3n) is 9.72. The number of hydrogen-bond donors (Lipinski definition) is 0. The SMILES string of the molecule is CC(C)C[Si]1(CC(C)C)[Si](CC(C)C)(CC(C)C)[Si](CC(C)C)(CC(C)C)[Si]1(CC(C)C)CC(C)C. The first kappa shape index (κ1) is 34.9. The quantitative estimate of drug-likeness (QED) is 0.162. The predicted octanol–water partition coefficient (Wildman–Crippen LogP) is 11.4. The Balaban J connectivity index is 4.39. The van der Waals surface area contributed by atoms with E-state index in [-0.39, 0.29) is 0 Å². The van der Waals surface area contributed by atoms with Gasteiger partial charge in [0.05, 0.1) is 0 Å². The van der Waals surface area contributed by atoms with Crippen LogP contribution in [0.4, 0.5) is 0 Å². The summed E-state index contributed by atoms with van der Waals surface area (Å²) in [6.45, 7) is 42.1.